The zero-order valence-corrected chi connectivity index (χ0v) is 15.7. The highest BCUT2D eigenvalue weighted by atomic mass is 127. The van der Waals surface area contributed by atoms with Gasteiger partial charge >= 0.3 is 0 Å². The van der Waals surface area contributed by atoms with Crippen molar-refractivity contribution < 1.29 is 19.1 Å². The molecule has 0 aromatic heterocycles. The number of halogens is 2. The van der Waals surface area contributed by atoms with Gasteiger partial charge in [-0.3, -0.25) is 9.59 Å². The molecule has 1 radical (unpaired) electrons. The molecule has 0 aliphatic rings. The van der Waals surface area contributed by atoms with Crippen molar-refractivity contribution in [3.8, 4) is 0 Å². The van der Waals surface area contributed by atoms with E-state index in [1.165, 1.54) is 0 Å². The Morgan fingerprint density at radius 2 is 1.92 bits per heavy atom. The van der Waals surface area contributed by atoms with E-state index in [4.69, 9.17) is 11.5 Å². The molecule has 0 saturated heterocycles. The van der Waals surface area contributed by atoms with Gasteiger partial charge in [-0.05, 0) is 79.3 Å². The number of carbonyl (C=O) groups is 2. The van der Waals surface area contributed by atoms with E-state index < -0.39 is 29.5 Å². The maximum absolute atomic E-state index is 13.9. The van der Waals surface area contributed by atoms with Crippen molar-refractivity contribution in [3.63, 3.8) is 0 Å². The Morgan fingerprint density at radius 1 is 1.33 bits per heavy atom. The zero-order valence-electron chi connectivity index (χ0n) is 13.5. The molecule has 1 rings (SSSR count). The number of aliphatic hydroxyl groups is 1. The first-order valence-electron chi connectivity index (χ1n) is 7.66. The van der Waals surface area contributed by atoms with Gasteiger partial charge in [0.15, 0.2) is 5.67 Å². The average molecular weight is 449 g/mol. The summed E-state index contributed by atoms with van der Waals surface area (Å²) in [5.74, 6) is -2.42. The standard InChI is InChI=1S/C17H23FIN2O3/c1-17(18,16(21)24)9-8-12(15(20)23)10-14(22)7-4-11-2-5-13(19)6-3-11/h2-3,5-7,12,14,22H,4,8-10H2,1H3,(H2,20,23)(H2,21,24)/t12-,14+,17?/m1/s1. The summed E-state index contributed by atoms with van der Waals surface area (Å²) in [4.78, 5) is 22.5. The number of benzene rings is 1. The quantitative estimate of drug-likeness (QED) is 0.475. The largest absolute Gasteiger partial charge is 0.393 e. The third-order valence-electron chi connectivity index (χ3n) is 3.94. The molecule has 133 valence electrons. The number of amides is 2. The normalized spacial score (nSPS) is 16.2. The summed E-state index contributed by atoms with van der Waals surface area (Å²) in [6.45, 7) is 1.08. The Morgan fingerprint density at radius 3 is 2.42 bits per heavy atom. The first-order chi connectivity index (χ1) is 11.1. The molecule has 0 heterocycles. The highest BCUT2D eigenvalue weighted by Gasteiger charge is 2.32. The zero-order chi connectivity index (χ0) is 18.3. The second-order valence-electron chi connectivity index (χ2n) is 6.07. The van der Waals surface area contributed by atoms with Gasteiger partial charge in [0.05, 0.1) is 6.10 Å². The minimum Gasteiger partial charge on any atom is -0.393 e. The lowest BCUT2D eigenvalue weighted by Crippen LogP contribution is -2.38. The van der Waals surface area contributed by atoms with Gasteiger partial charge in [-0.25, -0.2) is 4.39 Å². The van der Waals surface area contributed by atoms with Crippen LogP contribution in [0.2, 0.25) is 0 Å². The number of hydrogen-bond donors (Lipinski definition) is 3. The Labute approximate surface area is 155 Å². The number of aliphatic hydroxyl groups excluding tert-OH is 1. The van der Waals surface area contributed by atoms with Crippen LogP contribution in [-0.4, -0.2) is 28.7 Å². The number of primary amides is 2. The van der Waals surface area contributed by atoms with E-state index in [9.17, 15) is 19.1 Å². The van der Waals surface area contributed by atoms with E-state index in [1.807, 2.05) is 24.3 Å². The average Bonchev–Trinajstić information content (AvgIpc) is 2.50. The van der Waals surface area contributed by atoms with Crippen molar-refractivity contribution in [1.29, 1.82) is 0 Å². The summed E-state index contributed by atoms with van der Waals surface area (Å²) in [5.41, 5.74) is 9.13. The molecule has 1 unspecified atom stereocenters. The van der Waals surface area contributed by atoms with Crippen LogP contribution in [0.25, 0.3) is 0 Å². The van der Waals surface area contributed by atoms with Gasteiger partial charge in [0.25, 0.3) is 5.91 Å². The third kappa shape index (κ3) is 7.12. The van der Waals surface area contributed by atoms with E-state index in [2.05, 4.69) is 22.6 Å². The van der Waals surface area contributed by atoms with Crippen LogP contribution in [0.4, 0.5) is 4.39 Å². The van der Waals surface area contributed by atoms with E-state index in [0.717, 1.165) is 16.1 Å². The van der Waals surface area contributed by atoms with E-state index >= 15 is 0 Å². The van der Waals surface area contributed by atoms with Crippen molar-refractivity contribution >= 4 is 34.4 Å². The molecule has 5 N–H and O–H groups in total. The number of nitrogens with two attached hydrogens (primary N) is 2. The van der Waals surface area contributed by atoms with Crippen molar-refractivity contribution in [2.24, 2.45) is 17.4 Å². The summed E-state index contributed by atoms with van der Waals surface area (Å²) in [6.07, 6.45) is 1.32. The van der Waals surface area contributed by atoms with Crippen molar-refractivity contribution in [2.45, 2.75) is 44.4 Å². The second kappa shape index (κ2) is 9.31. The van der Waals surface area contributed by atoms with Crippen molar-refractivity contribution in [3.05, 3.63) is 39.8 Å². The fourth-order valence-electron chi connectivity index (χ4n) is 2.23. The van der Waals surface area contributed by atoms with Crippen LogP contribution in [0.5, 0.6) is 0 Å². The first kappa shape index (κ1) is 20.8. The minimum atomic E-state index is -2.19. The van der Waals surface area contributed by atoms with Crippen LogP contribution >= 0.6 is 22.6 Å². The maximum atomic E-state index is 13.9. The molecule has 24 heavy (non-hydrogen) atoms. The molecule has 1 aromatic carbocycles. The van der Waals surface area contributed by atoms with Gasteiger partial charge in [-0.2, -0.15) is 0 Å². The molecule has 1 aromatic rings. The van der Waals surface area contributed by atoms with Gasteiger partial charge in [0.2, 0.25) is 5.91 Å². The molecular weight excluding hydrogens is 426 g/mol. The maximum Gasteiger partial charge on any atom is 0.254 e. The molecule has 5 nitrogen and oxygen atoms in total. The number of rotatable bonds is 10. The van der Waals surface area contributed by atoms with Crippen LogP contribution < -0.4 is 11.5 Å². The lowest BCUT2D eigenvalue weighted by atomic mass is 9.89. The summed E-state index contributed by atoms with van der Waals surface area (Å²) >= 11 is 2.21. The SMILES string of the molecule is CC(F)(CC[C@H](C[C@@H](O)[CH]Cc1ccc(I)cc1)C(N)=O)C(N)=O. The van der Waals surface area contributed by atoms with Gasteiger partial charge in [-0.1, -0.05) is 12.1 Å². The third-order valence-corrected chi connectivity index (χ3v) is 4.66. The molecule has 0 fully saturated rings. The van der Waals surface area contributed by atoms with Crippen LogP contribution in [0.15, 0.2) is 24.3 Å². The Balaban J connectivity index is 2.50. The Hall–Kier alpha value is -1.22. The number of carbonyl (C=O) groups excluding carboxylic acids is 2. The second-order valence-corrected chi connectivity index (χ2v) is 7.31. The lowest BCUT2D eigenvalue weighted by Gasteiger charge is -2.21. The fourth-order valence-corrected chi connectivity index (χ4v) is 2.58. The number of alkyl halides is 1. The van der Waals surface area contributed by atoms with Gasteiger partial charge in [0.1, 0.15) is 0 Å². The monoisotopic (exact) mass is 449 g/mol. The summed E-state index contributed by atoms with van der Waals surface area (Å²) in [6, 6.07) is 7.85. The van der Waals surface area contributed by atoms with Crippen molar-refractivity contribution in [2.75, 3.05) is 0 Å². The summed E-state index contributed by atoms with van der Waals surface area (Å²) < 4.78 is 15.0. The van der Waals surface area contributed by atoms with E-state index in [-0.39, 0.29) is 19.3 Å². The fraction of sp³-hybridized carbons (Fsp3) is 0.471. The molecule has 0 bridgehead atoms. The Bertz CT molecular complexity index is 563. The predicted octanol–water partition coefficient (Wildman–Crippen LogP) is 1.88. The Kier molecular flexibility index (Phi) is 8.08. The van der Waals surface area contributed by atoms with E-state index in [1.54, 1.807) is 6.42 Å². The molecule has 2 amide bonds. The molecule has 7 heteroatoms. The lowest BCUT2D eigenvalue weighted by molar-refractivity contribution is -0.130. The summed E-state index contributed by atoms with van der Waals surface area (Å²) in [7, 11) is 0. The van der Waals surface area contributed by atoms with Crippen LogP contribution in [-0.2, 0) is 16.0 Å². The topological polar surface area (TPSA) is 106 Å². The smallest absolute Gasteiger partial charge is 0.254 e. The minimum absolute atomic E-state index is 0.0553. The number of hydrogen-bond acceptors (Lipinski definition) is 3. The van der Waals surface area contributed by atoms with Crippen LogP contribution in [0.1, 0.15) is 31.7 Å². The van der Waals surface area contributed by atoms with Crippen LogP contribution in [0.3, 0.4) is 0 Å². The molecule has 0 saturated carbocycles. The van der Waals surface area contributed by atoms with E-state index in [0.29, 0.717) is 6.42 Å². The van der Waals surface area contributed by atoms with Gasteiger partial charge < -0.3 is 16.6 Å². The molecule has 0 aliphatic carbocycles. The molecular formula is C17H23FIN2O3. The van der Waals surface area contributed by atoms with Crippen molar-refractivity contribution in [1.82, 2.24) is 0 Å². The molecule has 0 aliphatic heterocycles. The van der Waals surface area contributed by atoms with Crippen LogP contribution in [0, 0.1) is 15.9 Å². The van der Waals surface area contributed by atoms with Gasteiger partial charge in [0, 0.05) is 9.49 Å². The highest BCUT2D eigenvalue weighted by molar-refractivity contribution is 14.1. The predicted molar refractivity (Wildman–Crippen MR) is 98.4 cm³/mol. The molecule has 3 atom stereocenters. The van der Waals surface area contributed by atoms with Gasteiger partial charge in [-0.15, -0.1) is 0 Å². The highest BCUT2D eigenvalue weighted by Crippen LogP contribution is 2.24. The summed E-state index contributed by atoms with van der Waals surface area (Å²) in [5, 5.41) is 10.1. The molecule has 0 spiro atoms. The first-order valence-corrected chi connectivity index (χ1v) is 8.73.